The zero-order valence-electron chi connectivity index (χ0n) is 10.2. The maximum Gasteiger partial charge on any atom is 0.253 e. The summed E-state index contributed by atoms with van der Waals surface area (Å²) in [5.74, 6) is 1.22. The third-order valence-corrected chi connectivity index (χ3v) is 3.84. The number of phenolic OH excluding ortho intramolecular Hbond substituents is 1. The van der Waals surface area contributed by atoms with E-state index in [1.54, 1.807) is 6.07 Å². The highest BCUT2D eigenvalue weighted by molar-refractivity contribution is 5.99. The van der Waals surface area contributed by atoms with Crippen molar-refractivity contribution in [3.63, 3.8) is 0 Å². The third kappa shape index (κ3) is 2.28. The van der Waals surface area contributed by atoms with E-state index < -0.39 is 0 Å². The number of rotatable bonds is 4. The summed E-state index contributed by atoms with van der Waals surface area (Å²) in [5, 5.41) is 12.5. The molecule has 4 heteroatoms. The molecule has 1 amide bonds. The molecular weight excluding hydrogens is 228 g/mol. The molecule has 0 bridgehead atoms. The van der Waals surface area contributed by atoms with Crippen molar-refractivity contribution >= 4 is 11.6 Å². The molecule has 4 nitrogen and oxygen atoms in total. The molecule has 1 aromatic carbocycles. The quantitative estimate of drug-likeness (QED) is 0.561. The second-order valence-corrected chi connectivity index (χ2v) is 5.45. The van der Waals surface area contributed by atoms with Crippen LogP contribution >= 0.6 is 0 Å². The lowest BCUT2D eigenvalue weighted by atomic mass is 10.1. The summed E-state index contributed by atoms with van der Waals surface area (Å²) < 4.78 is 0. The number of hydrogen-bond acceptors (Lipinski definition) is 3. The van der Waals surface area contributed by atoms with Crippen molar-refractivity contribution in [2.75, 3.05) is 5.73 Å². The topological polar surface area (TPSA) is 75.3 Å². The van der Waals surface area contributed by atoms with Crippen molar-refractivity contribution in [2.24, 2.45) is 11.8 Å². The number of nitrogen functional groups attached to an aromatic ring is 1. The van der Waals surface area contributed by atoms with Crippen LogP contribution in [0.3, 0.4) is 0 Å². The molecule has 2 aliphatic carbocycles. The second-order valence-electron chi connectivity index (χ2n) is 5.45. The van der Waals surface area contributed by atoms with Crippen LogP contribution in [0.5, 0.6) is 5.75 Å². The number of phenols is 1. The largest absolute Gasteiger partial charge is 0.508 e. The van der Waals surface area contributed by atoms with Crippen molar-refractivity contribution in [3.8, 4) is 5.75 Å². The number of carbonyl (C=O) groups excluding carboxylic acids is 1. The van der Waals surface area contributed by atoms with Crippen molar-refractivity contribution in [3.05, 3.63) is 23.8 Å². The van der Waals surface area contributed by atoms with Crippen LogP contribution in [0.1, 0.15) is 36.0 Å². The number of carbonyl (C=O) groups is 1. The maximum absolute atomic E-state index is 12.2. The normalized spacial score (nSPS) is 18.9. The van der Waals surface area contributed by atoms with E-state index in [0.717, 1.165) is 0 Å². The Labute approximate surface area is 106 Å². The van der Waals surface area contributed by atoms with Gasteiger partial charge in [-0.1, -0.05) is 0 Å². The summed E-state index contributed by atoms with van der Waals surface area (Å²) in [7, 11) is 0. The van der Waals surface area contributed by atoms with Gasteiger partial charge in [-0.2, -0.15) is 0 Å². The molecular formula is C14H18N2O2. The van der Waals surface area contributed by atoms with Crippen LogP contribution in [0.4, 0.5) is 5.69 Å². The summed E-state index contributed by atoms with van der Waals surface area (Å²) in [6, 6.07) is 4.79. The van der Waals surface area contributed by atoms with Crippen molar-refractivity contribution in [1.82, 2.24) is 5.32 Å². The van der Waals surface area contributed by atoms with Crippen LogP contribution in [0, 0.1) is 11.8 Å². The standard InChI is InChI=1S/C14H18N2O2/c15-12-6-5-10(17)7-11(12)14(18)16-13(8-1-2-8)9-3-4-9/h5-9,13,17H,1-4,15H2,(H,16,18). The number of benzene rings is 1. The lowest BCUT2D eigenvalue weighted by Crippen LogP contribution is -2.38. The average molecular weight is 246 g/mol. The van der Waals surface area contributed by atoms with Gasteiger partial charge >= 0.3 is 0 Å². The van der Waals surface area contributed by atoms with Crippen molar-refractivity contribution in [2.45, 2.75) is 31.7 Å². The molecule has 0 spiro atoms. The molecule has 1 aromatic rings. The summed E-state index contributed by atoms with van der Waals surface area (Å²) in [4.78, 5) is 12.2. The molecule has 3 rings (SSSR count). The third-order valence-electron chi connectivity index (χ3n) is 3.84. The Balaban J connectivity index is 1.75. The minimum absolute atomic E-state index is 0.0729. The average Bonchev–Trinajstić information content (AvgIpc) is 3.21. The predicted octanol–water partition coefficient (Wildman–Crippen LogP) is 1.89. The molecule has 2 aliphatic rings. The maximum atomic E-state index is 12.2. The van der Waals surface area contributed by atoms with Crippen LogP contribution in [0.15, 0.2) is 18.2 Å². The molecule has 2 saturated carbocycles. The van der Waals surface area contributed by atoms with Gasteiger partial charge in [0.25, 0.3) is 5.91 Å². The fourth-order valence-electron chi connectivity index (χ4n) is 2.50. The smallest absolute Gasteiger partial charge is 0.253 e. The summed E-state index contributed by atoms with van der Waals surface area (Å²) in [5.41, 5.74) is 6.57. The first-order valence-electron chi connectivity index (χ1n) is 6.54. The van der Waals surface area contributed by atoms with E-state index in [2.05, 4.69) is 5.32 Å². The Kier molecular flexibility index (Phi) is 2.65. The van der Waals surface area contributed by atoms with Gasteiger partial charge in [-0.15, -0.1) is 0 Å². The van der Waals surface area contributed by atoms with Crippen LogP contribution in [0.25, 0.3) is 0 Å². The van der Waals surface area contributed by atoms with Gasteiger partial charge < -0.3 is 16.2 Å². The summed E-state index contributed by atoms with van der Waals surface area (Å²) in [6.45, 7) is 0. The molecule has 0 unspecified atom stereocenters. The van der Waals surface area contributed by atoms with Gasteiger partial charge in [0.2, 0.25) is 0 Å². The van der Waals surface area contributed by atoms with Gasteiger partial charge in [0.1, 0.15) is 5.75 Å². The molecule has 0 atom stereocenters. The first kappa shape index (κ1) is 11.4. The minimum atomic E-state index is -0.160. The second kappa shape index (κ2) is 4.19. The number of hydrogen-bond donors (Lipinski definition) is 3. The molecule has 2 fully saturated rings. The van der Waals surface area contributed by atoms with E-state index in [0.29, 0.717) is 29.1 Å². The van der Waals surface area contributed by atoms with E-state index in [9.17, 15) is 9.90 Å². The van der Waals surface area contributed by atoms with E-state index in [-0.39, 0.29) is 11.7 Å². The molecule has 0 radical (unpaired) electrons. The van der Waals surface area contributed by atoms with Gasteiger partial charge in [-0.05, 0) is 55.7 Å². The van der Waals surface area contributed by atoms with E-state index in [1.807, 2.05) is 0 Å². The van der Waals surface area contributed by atoms with Gasteiger partial charge in [-0.25, -0.2) is 0 Å². The Morgan fingerprint density at radius 3 is 2.44 bits per heavy atom. The zero-order valence-corrected chi connectivity index (χ0v) is 10.2. The number of aromatic hydroxyl groups is 1. The molecule has 0 aliphatic heterocycles. The zero-order chi connectivity index (χ0) is 12.7. The van der Waals surface area contributed by atoms with Crippen LogP contribution in [-0.2, 0) is 0 Å². The Bertz CT molecular complexity index is 467. The molecule has 4 N–H and O–H groups in total. The van der Waals surface area contributed by atoms with Gasteiger partial charge in [0.15, 0.2) is 0 Å². The van der Waals surface area contributed by atoms with E-state index >= 15 is 0 Å². The highest BCUT2D eigenvalue weighted by atomic mass is 16.3. The lowest BCUT2D eigenvalue weighted by Gasteiger charge is -2.18. The van der Waals surface area contributed by atoms with Crippen LogP contribution < -0.4 is 11.1 Å². The minimum Gasteiger partial charge on any atom is -0.508 e. The predicted molar refractivity (Wildman–Crippen MR) is 69.2 cm³/mol. The SMILES string of the molecule is Nc1ccc(O)cc1C(=O)NC(C1CC1)C1CC1. The fraction of sp³-hybridized carbons (Fsp3) is 0.500. The van der Waals surface area contributed by atoms with E-state index in [4.69, 9.17) is 5.73 Å². The van der Waals surface area contributed by atoms with Crippen LogP contribution in [0.2, 0.25) is 0 Å². The number of nitrogens with one attached hydrogen (secondary N) is 1. The van der Waals surface area contributed by atoms with Gasteiger partial charge in [-0.3, -0.25) is 4.79 Å². The summed E-state index contributed by atoms with van der Waals surface area (Å²) in [6.07, 6.45) is 4.88. The monoisotopic (exact) mass is 246 g/mol. The van der Waals surface area contributed by atoms with Crippen LogP contribution in [-0.4, -0.2) is 17.1 Å². The summed E-state index contributed by atoms with van der Waals surface area (Å²) >= 11 is 0. The first-order valence-corrected chi connectivity index (χ1v) is 6.54. The van der Waals surface area contributed by atoms with Crippen molar-refractivity contribution < 1.29 is 9.90 Å². The highest BCUT2D eigenvalue weighted by Gasteiger charge is 2.42. The molecule has 0 heterocycles. The Morgan fingerprint density at radius 1 is 1.28 bits per heavy atom. The van der Waals surface area contributed by atoms with Crippen molar-refractivity contribution in [1.29, 1.82) is 0 Å². The lowest BCUT2D eigenvalue weighted by molar-refractivity contribution is 0.0927. The number of anilines is 1. The van der Waals surface area contributed by atoms with Gasteiger partial charge in [0.05, 0.1) is 5.56 Å². The van der Waals surface area contributed by atoms with E-state index in [1.165, 1.54) is 37.8 Å². The highest BCUT2D eigenvalue weighted by Crippen LogP contribution is 2.44. The first-order chi connectivity index (χ1) is 8.65. The molecule has 96 valence electrons. The van der Waals surface area contributed by atoms with Gasteiger partial charge in [0, 0.05) is 11.7 Å². The number of nitrogens with two attached hydrogens (primary N) is 1. The Morgan fingerprint density at radius 2 is 1.89 bits per heavy atom. The Hall–Kier alpha value is -1.71. The molecule has 0 aromatic heterocycles. The fourth-order valence-corrected chi connectivity index (χ4v) is 2.50. The molecule has 0 saturated heterocycles. The number of amides is 1. The molecule has 18 heavy (non-hydrogen) atoms.